The van der Waals surface area contributed by atoms with Crippen molar-refractivity contribution in [3.8, 4) is 0 Å². The highest BCUT2D eigenvalue weighted by atomic mass is 14.7. The van der Waals surface area contributed by atoms with Crippen molar-refractivity contribution in [2.45, 2.75) is 38.1 Å². The molecule has 0 spiro atoms. The molecule has 3 fully saturated rings. The lowest BCUT2D eigenvalue weighted by molar-refractivity contribution is 0.244. The molecule has 0 aromatic carbocycles. The maximum absolute atomic E-state index is 6.11. The van der Waals surface area contributed by atoms with Gasteiger partial charge in [0.1, 0.15) is 0 Å². The van der Waals surface area contributed by atoms with Crippen molar-refractivity contribution in [1.82, 2.24) is 0 Å². The van der Waals surface area contributed by atoms with Crippen molar-refractivity contribution in [1.29, 1.82) is 0 Å². The summed E-state index contributed by atoms with van der Waals surface area (Å²) in [5, 5.41) is 0. The van der Waals surface area contributed by atoms with Crippen molar-refractivity contribution in [2.24, 2.45) is 29.4 Å². The monoisotopic (exact) mass is 151 g/mol. The molecule has 0 aromatic heterocycles. The Morgan fingerprint density at radius 2 is 1.73 bits per heavy atom. The van der Waals surface area contributed by atoms with Crippen molar-refractivity contribution in [2.75, 3.05) is 0 Å². The summed E-state index contributed by atoms with van der Waals surface area (Å²) in [5.74, 6) is 4.15. The van der Waals surface area contributed by atoms with E-state index in [4.69, 9.17) is 5.73 Å². The van der Waals surface area contributed by atoms with Crippen LogP contribution in [0.4, 0.5) is 0 Å². The van der Waals surface area contributed by atoms with Crippen molar-refractivity contribution in [3.05, 3.63) is 0 Å². The van der Waals surface area contributed by atoms with E-state index in [-0.39, 0.29) is 0 Å². The van der Waals surface area contributed by atoms with Crippen LogP contribution in [0.1, 0.15) is 32.1 Å². The highest BCUT2D eigenvalue weighted by Gasteiger charge is 2.52. The third-order valence-electron chi connectivity index (χ3n) is 4.49. The number of hydrogen-bond acceptors (Lipinski definition) is 1. The summed E-state index contributed by atoms with van der Waals surface area (Å²) in [4.78, 5) is 0. The van der Waals surface area contributed by atoms with Crippen molar-refractivity contribution in [3.63, 3.8) is 0 Å². The summed E-state index contributed by atoms with van der Waals surface area (Å²) >= 11 is 0. The van der Waals surface area contributed by atoms with Crippen LogP contribution in [0.25, 0.3) is 0 Å². The molecule has 3 aliphatic rings. The molecule has 0 aliphatic heterocycles. The molecule has 1 heteroatoms. The van der Waals surface area contributed by atoms with Gasteiger partial charge in [0.05, 0.1) is 0 Å². The summed E-state index contributed by atoms with van der Waals surface area (Å²) in [6.45, 7) is 0. The minimum atomic E-state index is 0.579. The van der Waals surface area contributed by atoms with Gasteiger partial charge in [-0.25, -0.2) is 0 Å². The van der Waals surface area contributed by atoms with E-state index in [9.17, 15) is 0 Å². The molecule has 5 atom stereocenters. The lowest BCUT2D eigenvalue weighted by Gasteiger charge is -2.26. The summed E-state index contributed by atoms with van der Waals surface area (Å²) in [7, 11) is 0. The third-order valence-corrected chi connectivity index (χ3v) is 4.49. The molecule has 0 heterocycles. The highest BCUT2D eigenvalue weighted by molar-refractivity contribution is 5.03. The SMILES string of the molecule is N[C@@H]1CC[C@H]2[C@H]3CC[C@H](C3)[C@H]21. The lowest BCUT2D eigenvalue weighted by atomic mass is 9.80. The number of fused-ring (bicyclic) bond motifs is 5. The third kappa shape index (κ3) is 0.703. The quantitative estimate of drug-likeness (QED) is 0.561. The Morgan fingerprint density at radius 1 is 0.909 bits per heavy atom. The Labute approximate surface area is 68.3 Å². The first-order valence-electron chi connectivity index (χ1n) is 5.12. The van der Waals surface area contributed by atoms with Gasteiger partial charge in [-0.2, -0.15) is 0 Å². The molecule has 0 unspecified atom stereocenters. The van der Waals surface area contributed by atoms with Gasteiger partial charge in [0.15, 0.2) is 0 Å². The van der Waals surface area contributed by atoms with Crippen LogP contribution in [0.5, 0.6) is 0 Å². The molecular formula is C10H17N. The predicted octanol–water partition coefficient (Wildman–Crippen LogP) is 1.77. The first-order valence-corrected chi connectivity index (χ1v) is 5.12. The van der Waals surface area contributed by atoms with Crippen LogP contribution in [0, 0.1) is 23.7 Å². The molecule has 3 aliphatic carbocycles. The van der Waals surface area contributed by atoms with Crippen LogP contribution in [0.2, 0.25) is 0 Å². The summed E-state index contributed by atoms with van der Waals surface area (Å²) < 4.78 is 0. The van der Waals surface area contributed by atoms with E-state index in [1.54, 1.807) is 0 Å². The number of rotatable bonds is 0. The van der Waals surface area contributed by atoms with Crippen LogP contribution < -0.4 is 5.73 Å². The van der Waals surface area contributed by atoms with Crippen LogP contribution in [-0.4, -0.2) is 6.04 Å². The van der Waals surface area contributed by atoms with Crippen LogP contribution in [0.15, 0.2) is 0 Å². The predicted molar refractivity (Wildman–Crippen MR) is 45.0 cm³/mol. The first-order chi connectivity index (χ1) is 5.36. The molecule has 11 heavy (non-hydrogen) atoms. The standard InChI is InChI=1S/C10H17N/c11-9-4-3-8-6-1-2-7(5-6)10(8)9/h6-10H,1-5,11H2/t6-,7+,8-,9+,10+/m0/s1. The van der Waals surface area contributed by atoms with Crippen molar-refractivity contribution >= 4 is 0 Å². The van der Waals surface area contributed by atoms with Gasteiger partial charge < -0.3 is 5.73 Å². The minimum absolute atomic E-state index is 0.579. The van der Waals surface area contributed by atoms with E-state index in [1.165, 1.54) is 32.1 Å². The Kier molecular flexibility index (Phi) is 1.18. The fraction of sp³-hybridized carbons (Fsp3) is 1.00. The molecule has 2 N–H and O–H groups in total. The lowest BCUT2D eigenvalue weighted by Crippen LogP contribution is -2.31. The Morgan fingerprint density at radius 3 is 2.55 bits per heavy atom. The molecule has 0 radical (unpaired) electrons. The molecule has 1 nitrogen and oxygen atoms in total. The van der Waals surface area contributed by atoms with Crippen LogP contribution in [-0.2, 0) is 0 Å². The normalized spacial score (nSPS) is 60.3. The van der Waals surface area contributed by atoms with E-state index in [0.29, 0.717) is 6.04 Å². The van der Waals surface area contributed by atoms with Gasteiger partial charge in [-0.3, -0.25) is 0 Å². The second kappa shape index (κ2) is 2.01. The largest absolute Gasteiger partial charge is 0.327 e. The number of nitrogens with two attached hydrogens (primary N) is 1. The maximum atomic E-state index is 6.11. The zero-order chi connectivity index (χ0) is 7.42. The average molecular weight is 151 g/mol. The van der Waals surface area contributed by atoms with Gasteiger partial charge in [0.2, 0.25) is 0 Å². The summed E-state index contributed by atoms with van der Waals surface area (Å²) in [6, 6.07) is 0.579. The number of hydrogen-bond donors (Lipinski definition) is 1. The highest BCUT2D eigenvalue weighted by Crippen LogP contribution is 2.58. The second-order valence-electron chi connectivity index (χ2n) is 4.82. The summed E-state index contributed by atoms with van der Waals surface area (Å²) in [6.07, 6.45) is 7.33. The molecule has 0 saturated heterocycles. The van der Waals surface area contributed by atoms with Gasteiger partial charge in [-0.15, -0.1) is 0 Å². The van der Waals surface area contributed by atoms with Gasteiger partial charge >= 0.3 is 0 Å². The van der Waals surface area contributed by atoms with E-state index in [2.05, 4.69) is 0 Å². The summed E-state index contributed by atoms with van der Waals surface area (Å²) in [5.41, 5.74) is 6.11. The molecule has 0 amide bonds. The Hall–Kier alpha value is -0.0400. The second-order valence-corrected chi connectivity index (χ2v) is 4.82. The van der Waals surface area contributed by atoms with E-state index < -0.39 is 0 Å². The van der Waals surface area contributed by atoms with Gasteiger partial charge in [-0.1, -0.05) is 0 Å². The molecule has 3 rings (SSSR count). The molecule has 2 bridgehead atoms. The van der Waals surface area contributed by atoms with Crippen LogP contribution in [0.3, 0.4) is 0 Å². The maximum Gasteiger partial charge on any atom is 0.00726 e. The van der Waals surface area contributed by atoms with E-state index in [1.807, 2.05) is 0 Å². The van der Waals surface area contributed by atoms with Crippen LogP contribution >= 0.6 is 0 Å². The zero-order valence-corrected chi connectivity index (χ0v) is 7.00. The fourth-order valence-electron chi connectivity index (χ4n) is 4.13. The smallest absolute Gasteiger partial charge is 0.00726 e. The minimum Gasteiger partial charge on any atom is -0.327 e. The van der Waals surface area contributed by atoms with Gasteiger partial charge in [-0.05, 0) is 55.8 Å². The average Bonchev–Trinajstić information content (AvgIpc) is 2.60. The van der Waals surface area contributed by atoms with Gasteiger partial charge in [0, 0.05) is 6.04 Å². The van der Waals surface area contributed by atoms with E-state index in [0.717, 1.165) is 23.7 Å². The molecule has 0 aromatic rings. The topological polar surface area (TPSA) is 26.0 Å². The molecule has 3 saturated carbocycles. The Balaban J connectivity index is 1.91. The first kappa shape index (κ1) is 6.47. The van der Waals surface area contributed by atoms with Crippen molar-refractivity contribution < 1.29 is 0 Å². The molecule has 62 valence electrons. The van der Waals surface area contributed by atoms with Gasteiger partial charge in [0.25, 0.3) is 0 Å². The fourth-order valence-corrected chi connectivity index (χ4v) is 4.13. The Bertz CT molecular complexity index is 178. The molecular weight excluding hydrogens is 134 g/mol. The van der Waals surface area contributed by atoms with E-state index >= 15 is 0 Å². The zero-order valence-electron chi connectivity index (χ0n) is 7.00.